The lowest BCUT2D eigenvalue weighted by atomic mass is 10.1. The number of halogens is 3. The molecule has 0 amide bonds. The van der Waals surface area contributed by atoms with Crippen molar-refractivity contribution in [3.63, 3.8) is 0 Å². The number of alkyl halides is 1. The number of hydrogen-bond donors (Lipinski definition) is 0. The smallest absolute Gasteiger partial charge is 0.310 e. The third-order valence-electron chi connectivity index (χ3n) is 2.03. The highest BCUT2D eigenvalue weighted by Gasteiger charge is 2.13. The van der Waals surface area contributed by atoms with Crippen LogP contribution in [0.25, 0.3) is 0 Å². The lowest BCUT2D eigenvalue weighted by molar-refractivity contribution is -0.142. The summed E-state index contributed by atoms with van der Waals surface area (Å²) in [7, 11) is 0. The van der Waals surface area contributed by atoms with Gasteiger partial charge >= 0.3 is 5.97 Å². The minimum Gasteiger partial charge on any atom is -0.466 e. The highest BCUT2D eigenvalue weighted by Crippen LogP contribution is 2.23. The van der Waals surface area contributed by atoms with Gasteiger partial charge in [0.25, 0.3) is 0 Å². The van der Waals surface area contributed by atoms with Crippen LogP contribution in [0.15, 0.2) is 12.1 Å². The van der Waals surface area contributed by atoms with Gasteiger partial charge in [0.05, 0.1) is 13.0 Å². The Morgan fingerprint density at radius 2 is 2.25 bits per heavy atom. The number of benzene rings is 1. The summed E-state index contributed by atoms with van der Waals surface area (Å²) in [5.74, 6) is -0.796. The molecule has 0 radical (unpaired) electrons. The summed E-state index contributed by atoms with van der Waals surface area (Å²) in [4.78, 5) is 11.3. The van der Waals surface area contributed by atoms with Crippen LogP contribution >= 0.6 is 27.5 Å². The average molecular weight is 310 g/mol. The predicted molar refractivity (Wildman–Crippen MR) is 64.4 cm³/mol. The minimum atomic E-state index is -0.413. The summed E-state index contributed by atoms with van der Waals surface area (Å²) >= 11 is 8.91. The lowest BCUT2D eigenvalue weighted by Crippen LogP contribution is -2.09. The molecule has 16 heavy (non-hydrogen) atoms. The predicted octanol–water partition coefficient (Wildman–Crippen LogP) is 3.48. The number of esters is 1. The molecule has 0 atom stereocenters. The molecule has 0 unspecified atom stereocenters. The Hall–Kier alpha value is -0.610. The third-order valence-corrected chi connectivity index (χ3v) is 2.81. The second-order valence-corrected chi connectivity index (χ2v) is 4.14. The van der Waals surface area contributed by atoms with E-state index in [2.05, 4.69) is 15.9 Å². The van der Waals surface area contributed by atoms with Gasteiger partial charge in [0.1, 0.15) is 5.82 Å². The van der Waals surface area contributed by atoms with E-state index in [0.29, 0.717) is 23.1 Å². The molecule has 0 saturated heterocycles. The number of hydrogen-bond acceptors (Lipinski definition) is 2. The van der Waals surface area contributed by atoms with E-state index < -0.39 is 5.82 Å². The monoisotopic (exact) mass is 308 g/mol. The Bertz CT molecular complexity index is 396. The molecule has 0 heterocycles. The molecule has 0 N–H and O–H groups in total. The van der Waals surface area contributed by atoms with Gasteiger partial charge in [-0.2, -0.15) is 0 Å². The SMILES string of the molecule is CCOC(=O)Cc1cc(Cl)cc(F)c1CBr. The van der Waals surface area contributed by atoms with Crippen molar-refractivity contribution in [3.8, 4) is 0 Å². The Labute approximate surface area is 107 Å². The lowest BCUT2D eigenvalue weighted by Gasteiger charge is -2.08. The molecule has 0 bridgehead atoms. The van der Waals surface area contributed by atoms with Crippen molar-refractivity contribution in [2.75, 3.05) is 6.61 Å². The molecule has 0 aliphatic rings. The number of carbonyl (C=O) groups excluding carboxylic acids is 1. The van der Waals surface area contributed by atoms with Crippen molar-refractivity contribution < 1.29 is 13.9 Å². The molecule has 5 heteroatoms. The molecule has 0 aromatic heterocycles. The first-order chi connectivity index (χ1) is 7.58. The zero-order valence-electron chi connectivity index (χ0n) is 8.73. The van der Waals surface area contributed by atoms with Crippen LogP contribution in [0.1, 0.15) is 18.1 Å². The first-order valence-corrected chi connectivity index (χ1v) is 6.26. The van der Waals surface area contributed by atoms with Crippen LogP contribution in [0, 0.1) is 5.82 Å². The zero-order valence-corrected chi connectivity index (χ0v) is 11.1. The van der Waals surface area contributed by atoms with Gasteiger partial charge in [-0.15, -0.1) is 0 Å². The minimum absolute atomic E-state index is 0.0340. The molecule has 88 valence electrons. The van der Waals surface area contributed by atoms with Gasteiger partial charge in [-0.25, -0.2) is 4.39 Å². The molecule has 0 saturated carbocycles. The molecule has 0 spiro atoms. The van der Waals surface area contributed by atoms with Crippen LogP contribution in [0.4, 0.5) is 4.39 Å². The Morgan fingerprint density at radius 3 is 2.81 bits per heavy atom. The van der Waals surface area contributed by atoms with E-state index in [-0.39, 0.29) is 17.4 Å². The van der Waals surface area contributed by atoms with Crippen LogP contribution in [-0.2, 0) is 21.3 Å². The van der Waals surface area contributed by atoms with Crippen molar-refractivity contribution >= 4 is 33.5 Å². The molecule has 2 nitrogen and oxygen atoms in total. The van der Waals surface area contributed by atoms with Gasteiger partial charge in [-0.05, 0) is 24.6 Å². The van der Waals surface area contributed by atoms with Crippen LogP contribution in [0.3, 0.4) is 0 Å². The van der Waals surface area contributed by atoms with Gasteiger partial charge < -0.3 is 4.74 Å². The summed E-state index contributed by atoms with van der Waals surface area (Å²) in [5, 5.41) is 0.617. The van der Waals surface area contributed by atoms with E-state index in [0.717, 1.165) is 0 Å². The van der Waals surface area contributed by atoms with Crippen LogP contribution in [-0.4, -0.2) is 12.6 Å². The molecule has 0 aliphatic carbocycles. The number of rotatable bonds is 4. The van der Waals surface area contributed by atoms with Gasteiger partial charge in [0.15, 0.2) is 0 Å². The fourth-order valence-electron chi connectivity index (χ4n) is 1.33. The van der Waals surface area contributed by atoms with Crippen molar-refractivity contribution in [1.29, 1.82) is 0 Å². The summed E-state index contributed by atoms with van der Waals surface area (Å²) in [5.41, 5.74) is 0.998. The summed E-state index contributed by atoms with van der Waals surface area (Å²) in [6.45, 7) is 2.04. The molecule has 0 fully saturated rings. The maximum Gasteiger partial charge on any atom is 0.310 e. The molecule has 1 aromatic rings. The topological polar surface area (TPSA) is 26.3 Å². The standard InChI is InChI=1S/C11H11BrClFO2/c1-2-16-11(15)4-7-3-8(13)5-10(14)9(7)6-12/h3,5H,2,4,6H2,1H3. The molecular formula is C11H11BrClFO2. The molecule has 1 aromatic carbocycles. The third kappa shape index (κ3) is 3.46. The quantitative estimate of drug-likeness (QED) is 0.629. The van der Waals surface area contributed by atoms with E-state index >= 15 is 0 Å². The summed E-state index contributed by atoms with van der Waals surface area (Å²) in [6.07, 6.45) is 0.0340. The Morgan fingerprint density at radius 1 is 1.56 bits per heavy atom. The fourth-order valence-corrected chi connectivity index (χ4v) is 2.19. The average Bonchev–Trinajstić information content (AvgIpc) is 2.17. The first kappa shape index (κ1) is 13.5. The van der Waals surface area contributed by atoms with Crippen LogP contribution < -0.4 is 0 Å². The largest absolute Gasteiger partial charge is 0.466 e. The highest BCUT2D eigenvalue weighted by atomic mass is 79.9. The summed E-state index contributed by atoms with van der Waals surface area (Å²) in [6, 6.07) is 2.81. The van der Waals surface area contributed by atoms with Crippen molar-refractivity contribution in [1.82, 2.24) is 0 Å². The van der Waals surface area contributed by atoms with Crippen molar-refractivity contribution in [2.45, 2.75) is 18.7 Å². The molecule has 0 aliphatic heterocycles. The van der Waals surface area contributed by atoms with Crippen LogP contribution in [0.5, 0.6) is 0 Å². The molecular weight excluding hydrogens is 298 g/mol. The van der Waals surface area contributed by atoms with E-state index in [1.54, 1.807) is 13.0 Å². The van der Waals surface area contributed by atoms with Gasteiger partial charge in [0.2, 0.25) is 0 Å². The van der Waals surface area contributed by atoms with E-state index in [1.165, 1.54) is 6.07 Å². The van der Waals surface area contributed by atoms with E-state index in [9.17, 15) is 9.18 Å². The van der Waals surface area contributed by atoms with Gasteiger partial charge in [-0.1, -0.05) is 27.5 Å². The zero-order chi connectivity index (χ0) is 12.1. The number of ether oxygens (including phenoxy) is 1. The van der Waals surface area contributed by atoms with E-state index in [1.807, 2.05) is 0 Å². The van der Waals surface area contributed by atoms with Crippen molar-refractivity contribution in [3.05, 3.63) is 34.1 Å². The van der Waals surface area contributed by atoms with Crippen LogP contribution in [0.2, 0.25) is 5.02 Å². The summed E-state index contributed by atoms with van der Waals surface area (Å²) < 4.78 is 18.3. The normalized spacial score (nSPS) is 10.2. The Balaban J connectivity index is 2.97. The van der Waals surface area contributed by atoms with Gasteiger partial charge in [0, 0.05) is 15.9 Å². The highest BCUT2D eigenvalue weighted by molar-refractivity contribution is 9.08. The second-order valence-electron chi connectivity index (χ2n) is 3.14. The van der Waals surface area contributed by atoms with E-state index in [4.69, 9.17) is 16.3 Å². The maximum atomic E-state index is 13.5. The first-order valence-electron chi connectivity index (χ1n) is 4.76. The van der Waals surface area contributed by atoms with Gasteiger partial charge in [-0.3, -0.25) is 4.79 Å². The van der Waals surface area contributed by atoms with Crippen molar-refractivity contribution in [2.24, 2.45) is 0 Å². The fraction of sp³-hybridized carbons (Fsp3) is 0.364. The number of carbonyl (C=O) groups is 1. The molecule has 1 rings (SSSR count). The second kappa shape index (κ2) is 6.21. The maximum absolute atomic E-state index is 13.5. The Kier molecular flexibility index (Phi) is 5.22.